The predicted octanol–water partition coefficient (Wildman–Crippen LogP) is 2.51. The lowest BCUT2D eigenvalue weighted by atomic mass is 10.2. The first-order valence-electron chi connectivity index (χ1n) is 3.75. The molecule has 1 nitrogen and oxygen atoms in total. The molecule has 0 aliphatic rings. The largest absolute Gasteiger partial charge is 0.392 e. The molecular formula is C9H11ClOS. The van der Waals surface area contributed by atoms with Gasteiger partial charge in [-0.1, -0.05) is 12.1 Å². The number of halogens is 1. The van der Waals surface area contributed by atoms with Crippen LogP contribution in [0.2, 0.25) is 0 Å². The van der Waals surface area contributed by atoms with Crippen LogP contribution in [-0.2, 0) is 6.61 Å². The average Bonchev–Trinajstić information content (AvgIpc) is 2.15. The molecule has 0 spiro atoms. The van der Waals surface area contributed by atoms with E-state index in [0.717, 1.165) is 11.3 Å². The molecule has 0 aliphatic carbocycles. The van der Waals surface area contributed by atoms with E-state index in [9.17, 15) is 0 Å². The zero-order valence-electron chi connectivity index (χ0n) is 6.66. The average molecular weight is 203 g/mol. The second-order valence-corrected chi connectivity index (χ2v) is 3.89. The summed E-state index contributed by atoms with van der Waals surface area (Å²) in [7, 11) is 0. The minimum Gasteiger partial charge on any atom is -0.392 e. The van der Waals surface area contributed by atoms with E-state index < -0.39 is 0 Å². The molecule has 1 rings (SSSR count). The van der Waals surface area contributed by atoms with Crippen LogP contribution in [0.25, 0.3) is 0 Å². The number of benzene rings is 1. The molecular weight excluding hydrogens is 192 g/mol. The van der Waals surface area contributed by atoms with Gasteiger partial charge in [0.15, 0.2) is 0 Å². The van der Waals surface area contributed by atoms with Crippen LogP contribution in [0.15, 0.2) is 29.2 Å². The van der Waals surface area contributed by atoms with Gasteiger partial charge in [0.05, 0.1) is 6.61 Å². The number of alkyl halides is 1. The molecule has 0 aromatic heterocycles. The highest BCUT2D eigenvalue weighted by atomic mass is 35.5. The number of hydrogen-bond donors (Lipinski definition) is 1. The van der Waals surface area contributed by atoms with Crippen LogP contribution in [0, 0.1) is 0 Å². The third kappa shape index (κ3) is 3.05. The normalized spacial score (nSPS) is 10.2. The maximum atomic E-state index is 8.78. The summed E-state index contributed by atoms with van der Waals surface area (Å²) < 4.78 is 0. The Kier molecular flexibility index (Phi) is 4.51. The van der Waals surface area contributed by atoms with Crippen molar-refractivity contribution in [1.29, 1.82) is 0 Å². The van der Waals surface area contributed by atoms with Gasteiger partial charge in [0.1, 0.15) is 0 Å². The van der Waals surface area contributed by atoms with Crippen LogP contribution in [0.5, 0.6) is 0 Å². The van der Waals surface area contributed by atoms with E-state index in [1.54, 1.807) is 11.8 Å². The number of aliphatic hydroxyl groups excluding tert-OH is 1. The third-order valence-electron chi connectivity index (χ3n) is 1.45. The van der Waals surface area contributed by atoms with Crippen molar-refractivity contribution < 1.29 is 5.11 Å². The van der Waals surface area contributed by atoms with Gasteiger partial charge < -0.3 is 5.11 Å². The molecule has 1 aromatic carbocycles. The molecule has 1 N–H and O–H groups in total. The molecule has 0 saturated heterocycles. The summed E-state index contributed by atoms with van der Waals surface area (Å²) in [4.78, 5) is 1.20. The molecule has 0 heterocycles. The molecule has 3 heteroatoms. The van der Waals surface area contributed by atoms with E-state index in [-0.39, 0.29) is 6.61 Å². The van der Waals surface area contributed by atoms with E-state index in [1.807, 2.05) is 24.3 Å². The molecule has 0 fully saturated rings. The van der Waals surface area contributed by atoms with E-state index in [1.165, 1.54) is 4.90 Å². The monoisotopic (exact) mass is 202 g/mol. The lowest BCUT2D eigenvalue weighted by molar-refractivity contribution is 0.282. The first-order valence-corrected chi connectivity index (χ1v) is 5.27. The molecule has 0 unspecified atom stereocenters. The smallest absolute Gasteiger partial charge is 0.0681 e. The topological polar surface area (TPSA) is 20.2 Å². The van der Waals surface area contributed by atoms with Gasteiger partial charge in [-0.25, -0.2) is 0 Å². The zero-order valence-corrected chi connectivity index (χ0v) is 8.24. The maximum Gasteiger partial charge on any atom is 0.0681 e. The fraction of sp³-hybridized carbons (Fsp3) is 0.333. The highest BCUT2D eigenvalue weighted by molar-refractivity contribution is 7.99. The van der Waals surface area contributed by atoms with Crippen LogP contribution in [0.4, 0.5) is 0 Å². The van der Waals surface area contributed by atoms with Crippen molar-refractivity contribution in [2.45, 2.75) is 11.5 Å². The Bertz CT molecular complexity index is 222. The standard InChI is InChI=1S/C9H11ClOS/c10-5-6-12-9-3-1-8(7-11)2-4-9/h1-4,11H,5-7H2. The summed E-state index contributed by atoms with van der Waals surface area (Å²) in [6.07, 6.45) is 0. The Morgan fingerprint density at radius 3 is 2.42 bits per heavy atom. The fourth-order valence-corrected chi connectivity index (χ4v) is 1.72. The minimum absolute atomic E-state index is 0.112. The van der Waals surface area contributed by atoms with Gasteiger partial charge >= 0.3 is 0 Å². The lowest BCUT2D eigenvalue weighted by Gasteiger charge is -1.99. The molecule has 0 amide bonds. The van der Waals surface area contributed by atoms with Crippen molar-refractivity contribution in [3.05, 3.63) is 29.8 Å². The molecule has 1 aromatic rings. The molecule has 0 saturated carbocycles. The van der Waals surface area contributed by atoms with Crippen LogP contribution >= 0.6 is 23.4 Å². The molecule has 12 heavy (non-hydrogen) atoms. The Balaban J connectivity index is 2.53. The van der Waals surface area contributed by atoms with Gasteiger partial charge in [-0.3, -0.25) is 0 Å². The van der Waals surface area contributed by atoms with Crippen molar-refractivity contribution in [1.82, 2.24) is 0 Å². The predicted molar refractivity (Wildman–Crippen MR) is 53.8 cm³/mol. The van der Waals surface area contributed by atoms with E-state index >= 15 is 0 Å². The first kappa shape index (κ1) is 9.90. The van der Waals surface area contributed by atoms with Crippen molar-refractivity contribution in [2.75, 3.05) is 11.6 Å². The third-order valence-corrected chi connectivity index (χ3v) is 2.88. The minimum atomic E-state index is 0.112. The highest BCUT2D eigenvalue weighted by Gasteiger charge is 1.93. The van der Waals surface area contributed by atoms with Crippen LogP contribution in [0.1, 0.15) is 5.56 Å². The fourth-order valence-electron chi connectivity index (χ4n) is 0.848. The van der Waals surface area contributed by atoms with Crippen LogP contribution < -0.4 is 0 Å². The summed E-state index contributed by atoms with van der Waals surface area (Å²) in [6.45, 7) is 0.112. The van der Waals surface area contributed by atoms with Crippen LogP contribution in [0.3, 0.4) is 0 Å². The summed E-state index contributed by atoms with van der Waals surface area (Å²) in [5.41, 5.74) is 0.949. The Morgan fingerprint density at radius 1 is 1.25 bits per heavy atom. The molecule has 0 aliphatic heterocycles. The first-order chi connectivity index (χ1) is 5.86. The van der Waals surface area contributed by atoms with Gasteiger partial charge in [-0.2, -0.15) is 0 Å². The number of thioether (sulfide) groups is 1. The van der Waals surface area contributed by atoms with Gasteiger partial charge in [-0.15, -0.1) is 23.4 Å². The second kappa shape index (κ2) is 5.46. The SMILES string of the molecule is OCc1ccc(SCCCl)cc1. The molecule has 0 radical (unpaired) electrons. The van der Waals surface area contributed by atoms with Crippen molar-refractivity contribution in [3.8, 4) is 0 Å². The van der Waals surface area contributed by atoms with Gasteiger partial charge in [0, 0.05) is 16.5 Å². The Labute approximate surface area is 81.7 Å². The lowest BCUT2D eigenvalue weighted by Crippen LogP contribution is -1.83. The molecule has 0 bridgehead atoms. The van der Waals surface area contributed by atoms with E-state index in [0.29, 0.717) is 5.88 Å². The summed E-state index contributed by atoms with van der Waals surface area (Å²) >= 11 is 7.28. The van der Waals surface area contributed by atoms with Crippen LogP contribution in [-0.4, -0.2) is 16.7 Å². The molecule has 66 valence electrons. The van der Waals surface area contributed by atoms with Crippen molar-refractivity contribution in [3.63, 3.8) is 0 Å². The number of hydrogen-bond acceptors (Lipinski definition) is 2. The van der Waals surface area contributed by atoms with Crippen molar-refractivity contribution in [2.24, 2.45) is 0 Å². The van der Waals surface area contributed by atoms with Gasteiger partial charge in [0.2, 0.25) is 0 Å². The quantitative estimate of drug-likeness (QED) is 0.598. The van der Waals surface area contributed by atoms with Gasteiger partial charge in [0.25, 0.3) is 0 Å². The molecule has 0 atom stereocenters. The Morgan fingerprint density at radius 2 is 1.92 bits per heavy atom. The summed E-state index contributed by atoms with van der Waals surface area (Å²) in [5, 5.41) is 8.78. The van der Waals surface area contributed by atoms with E-state index in [2.05, 4.69) is 0 Å². The highest BCUT2D eigenvalue weighted by Crippen LogP contribution is 2.18. The van der Waals surface area contributed by atoms with E-state index in [4.69, 9.17) is 16.7 Å². The van der Waals surface area contributed by atoms with Gasteiger partial charge in [-0.05, 0) is 17.7 Å². The maximum absolute atomic E-state index is 8.78. The zero-order chi connectivity index (χ0) is 8.81. The number of rotatable bonds is 4. The summed E-state index contributed by atoms with van der Waals surface area (Å²) in [5.74, 6) is 1.60. The van der Waals surface area contributed by atoms with Crippen molar-refractivity contribution >= 4 is 23.4 Å². The number of aliphatic hydroxyl groups is 1. The summed E-state index contributed by atoms with van der Waals surface area (Å²) in [6, 6.07) is 7.86. The second-order valence-electron chi connectivity index (χ2n) is 2.34. The Hall–Kier alpha value is -0.180.